The van der Waals surface area contributed by atoms with Gasteiger partial charge in [-0.2, -0.15) is 0 Å². The molecule has 0 radical (unpaired) electrons. The van der Waals surface area contributed by atoms with Gasteiger partial charge in [0.25, 0.3) is 5.91 Å². The topological polar surface area (TPSA) is 29.1 Å². The Morgan fingerprint density at radius 1 is 1.33 bits per heavy atom. The first-order valence-corrected chi connectivity index (χ1v) is 5.63. The summed E-state index contributed by atoms with van der Waals surface area (Å²) in [6.07, 6.45) is 4.77. The van der Waals surface area contributed by atoms with E-state index in [2.05, 4.69) is 5.32 Å². The van der Waals surface area contributed by atoms with Crippen molar-refractivity contribution in [2.75, 3.05) is 0 Å². The molecule has 0 saturated heterocycles. The van der Waals surface area contributed by atoms with Gasteiger partial charge in [-0.3, -0.25) is 4.79 Å². The summed E-state index contributed by atoms with van der Waals surface area (Å²) in [7, 11) is 0. The summed E-state index contributed by atoms with van der Waals surface area (Å²) in [4.78, 5) is 11.8. The van der Waals surface area contributed by atoms with Crippen molar-refractivity contribution < 1.29 is 4.79 Å². The highest BCUT2D eigenvalue weighted by Crippen LogP contribution is 2.18. The largest absolute Gasteiger partial charge is 0.349 e. The van der Waals surface area contributed by atoms with E-state index in [0.29, 0.717) is 6.04 Å². The summed E-state index contributed by atoms with van der Waals surface area (Å²) in [6, 6.07) is 8.14. The van der Waals surface area contributed by atoms with Crippen molar-refractivity contribution in [3.63, 3.8) is 0 Å². The quantitative estimate of drug-likeness (QED) is 0.786. The summed E-state index contributed by atoms with van der Waals surface area (Å²) >= 11 is 0. The van der Waals surface area contributed by atoms with Crippen LogP contribution in [0.5, 0.6) is 0 Å². The van der Waals surface area contributed by atoms with Crippen LogP contribution in [-0.4, -0.2) is 11.9 Å². The fraction of sp³-hybridized carbons (Fsp3) is 0.462. The highest BCUT2D eigenvalue weighted by molar-refractivity contribution is 5.94. The van der Waals surface area contributed by atoms with Gasteiger partial charge in [0.05, 0.1) is 0 Å². The van der Waals surface area contributed by atoms with E-state index in [1.807, 2.05) is 31.2 Å². The van der Waals surface area contributed by atoms with Crippen LogP contribution < -0.4 is 5.32 Å². The summed E-state index contributed by atoms with van der Waals surface area (Å²) in [5.41, 5.74) is 1.91. The Bertz CT molecular complexity index is 353. The predicted molar refractivity (Wildman–Crippen MR) is 60.9 cm³/mol. The monoisotopic (exact) mass is 203 g/mol. The molecular weight excluding hydrogens is 186 g/mol. The highest BCUT2D eigenvalue weighted by atomic mass is 16.1. The van der Waals surface area contributed by atoms with E-state index >= 15 is 0 Å². The molecule has 1 aliphatic rings. The molecule has 15 heavy (non-hydrogen) atoms. The normalized spacial score (nSPS) is 16.6. The lowest BCUT2D eigenvalue weighted by atomic mass is 10.1. The summed E-state index contributed by atoms with van der Waals surface area (Å²) in [5, 5.41) is 3.08. The molecule has 1 aliphatic carbocycles. The second-order valence-corrected chi connectivity index (χ2v) is 4.32. The van der Waals surface area contributed by atoms with Crippen LogP contribution in [0.15, 0.2) is 24.3 Å². The first-order chi connectivity index (χ1) is 7.25. The lowest BCUT2D eigenvalue weighted by Crippen LogP contribution is -2.32. The maximum Gasteiger partial charge on any atom is 0.251 e. The van der Waals surface area contributed by atoms with Crippen molar-refractivity contribution in [3.05, 3.63) is 35.4 Å². The molecule has 0 unspecified atom stereocenters. The van der Waals surface area contributed by atoms with Gasteiger partial charge in [0.2, 0.25) is 0 Å². The van der Waals surface area contributed by atoms with Gasteiger partial charge in [0, 0.05) is 11.6 Å². The van der Waals surface area contributed by atoms with Crippen LogP contribution in [0.1, 0.15) is 41.6 Å². The van der Waals surface area contributed by atoms with Gasteiger partial charge in [0.15, 0.2) is 0 Å². The second-order valence-electron chi connectivity index (χ2n) is 4.32. The zero-order valence-electron chi connectivity index (χ0n) is 9.12. The first kappa shape index (κ1) is 10.2. The van der Waals surface area contributed by atoms with E-state index in [4.69, 9.17) is 0 Å². The molecular formula is C13H17NO. The van der Waals surface area contributed by atoms with E-state index < -0.39 is 0 Å². The Kier molecular flexibility index (Phi) is 3.05. The van der Waals surface area contributed by atoms with Gasteiger partial charge in [-0.25, -0.2) is 0 Å². The third-order valence-electron chi connectivity index (χ3n) is 2.97. The number of hydrogen-bond donors (Lipinski definition) is 1. The standard InChI is InChI=1S/C13H17NO/c1-10-5-4-6-11(9-10)13(15)14-12-7-2-3-8-12/h4-6,9,12H,2-3,7-8H2,1H3,(H,14,15). The Morgan fingerprint density at radius 3 is 2.73 bits per heavy atom. The zero-order valence-corrected chi connectivity index (χ0v) is 9.12. The van der Waals surface area contributed by atoms with E-state index in [1.165, 1.54) is 12.8 Å². The lowest BCUT2D eigenvalue weighted by molar-refractivity contribution is 0.0938. The molecule has 2 heteroatoms. The number of aryl methyl sites for hydroxylation is 1. The Balaban J connectivity index is 2.01. The number of benzene rings is 1. The number of amides is 1. The lowest BCUT2D eigenvalue weighted by Gasteiger charge is -2.11. The van der Waals surface area contributed by atoms with E-state index in [1.54, 1.807) is 0 Å². The highest BCUT2D eigenvalue weighted by Gasteiger charge is 2.17. The van der Waals surface area contributed by atoms with E-state index in [0.717, 1.165) is 24.0 Å². The van der Waals surface area contributed by atoms with E-state index in [9.17, 15) is 4.79 Å². The van der Waals surface area contributed by atoms with Crippen molar-refractivity contribution in [1.29, 1.82) is 0 Å². The van der Waals surface area contributed by atoms with Crippen LogP contribution in [-0.2, 0) is 0 Å². The van der Waals surface area contributed by atoms with E-state index in [-0.39, 0.29) is 5.91 Å². The number of carbonyl (C=O) groups excluding carboxylic acids is 1. The number of carbonyl (C=O) groups is 1. The average molecular weight is 203 g/mol. The Labute approximate surface area is 90.7 Å². The van der Waals surface area contributed by atoms with Crippen LogP contribution in [0.4, 0.5) is 0 Å². The number of hydrogen-bond acceptors (Lipinski definition) is 1. The van der Waals surface area contributed by atoms with Gasteiger partial charge in [-0.15, -0.1) is 0 Å². The van der Waals surface area contributed by atoms with Gasteiger partial charge in [-0.05, 0) is 31.9 Å². The van der Waals surface area contributed by atoms with Crippen molar-refractivity contribution in [3.8, 4) is 0 Å². The van der Waals surface area contributed by atoms with Crippen molar-refractivity contribution >= 4 is 5.91 Å². The molecule has 80 valence electrons. The summed E-state index contributed by atoms with van der Waals surface area (Å²) in [5.74, 6) is 0.0746. The molecule has 1 N–H and O–H groups in total. The smallest absolute Gasteiger partial charge is 0.251 e. The van der Waals surface area contributed by atoms with Gasteiger partial charge in [-0.1, -0.05) is 30.5 Å². The van der Waals surface area contributed by atoms with Gasteiger partial charge < -0.3 is 5.32 Å². The summed E-state index contributed by atoms with van der Waals surface area (Å²) in [6.45, 7) is 2.01. The van der Waals surface area contributed by atoms with Crippen LogP contribution in [0.3, 0.4) is 0 Å². The number of rotatable bonds is 2. The average Bonchev–Trinajstić information content (AvgIpc) is 2.70. The maximum atomic E-state index is 11.8. The molecule has 0 spiro atoms. The van der Waals surface area contributed by atoms with Crippen molar-refractivity contribution in [2.45, 2.75) is 38.6 Å². The van der Waals surface area contributed by atoms with Crippen molar-refractivity contribution in [1.82, 2.24) is 5.32 Å². The molecule has 0 aliphatic heterocycles. The third kappa shape index (κ3) is 2.58. The molecule has 0 heterocycles. The molecule has 0 bridgehead atoms. The summed E-state index contributed by atoms with van der Waals surface area (Å²) < 4.78 is 0. The molecule has 0 atom stereocenters. The number of nitrogens with one attached hydrogen (secondary N) is 1. The minimum Gasteiger partial charge on any atom is -0.349 e. The van der Waals surface area contributed by atoms with Crippen LogP contribution >= 0.6 is 0 Å². The van der Waals surface area contributed by atoms with Crippen LogP contribution in [0, 0.1) is 6.92 Å². The molecule has 1 saturated carbocycles. The zero-order chi connectivity index (χ0) is 10.7. The SMILES string of the molecule is Cc1cccc(C(=O)NC2CCCC2)c1. The molecule has 2 nitrogen and oxygen atoms in total. The minimum absolute atomic E-state index is 0.0746. The molecule has 1 amide bonds. The molecule has 1 fully saturated rings. The fourth-order valence-corrected chi connectivity index (χ4v) is 2.13. The van der Waals surface area contributed by atoms with Crippen molar-refractivity contribution in [2.24, 2.45) is 0 Å². The molecule has 0 aromatic heterocycles. The third-order valence-corrected chi connectivity index (χ3v) is 2.97. The van der Waals surface area contributed by atoms with Crippen LogP contribution in [0.25, 0.3) is 0 Å². The van der Waals surface area contributed by atoms with Crippen LogP contribution in [0.2, 0.25) is 0 Å². The maximum absolute atomic E-state index is 11.8. The van der Waals surface area contributed by atoms with Gasteiger partial charge in [0.1, 0.15) is 0 Å². The second kappa shape index (κ2) is 4.47. The minimum atomic E-state index is 0.0746. The van der Waals surface area contributed by atoms with Gasteiger partial charge >= 0.3 is 0 Å². The Hall–Kier alpha value is -1.31. The molecule has 1 aromatic carbocycles. The predicted octanol–water partition coefficient (Wildman–Crippen LogP) is 2.67. The molecule has 1 aromatic rings. The Morgan fingerprint density at radius 2 is 2.07 bits per heavy atom. The molecule has 2 rings (SSSR count). The first-order valence-electron chi connectivity index (χ1n) is 5.63. The fourth-order valence-electron chi connectivity index (χ4n) is 2.13.